The van der Waals surface area contributed by atoms with Gasteiger partial charge >= 0.3 is 0 Å². The third-order valence-electron chi connectivity index (χ3n) is 1.83. The highest BCUT2D eigenvalue weighted by Crippen LogP contribution is 2.33. The molecule has 1 atom stereocenters. The van der Waals surface area contributed by atoms with Gasteiger partial charge in [0.25, 0.3) is 6.43 Å². The van der Waals surface area contributed by atoms with E-state index in [-0.39, 0.29) is 0 Å². The van der Waals surface area contributed by atoms with Gasteiger partial charge in [0, 0.05) is 5.56 Å². The number of benzene rings is 1. The minimum Gasteiger partial charge on any atom is -0.495 e. The van der Waals surface area contributed by atoms with Gasteiger partial charge in [0.1, 0.15) is 5.75 Å². The molecule has 0 heterocycles. The van der Waals surface area contributed by atoms with Crippen molar-refractivity contribution in [1.82, 2.24) is 0 Å². The van der Waals surface area contributed by atoms with E-state index in [2.05, 4.69) is 15.9 Å². The van der Waals surface area contributed by atoms with E-state index in [1.165, 1.54) is 13.2 Å². The normalized spacial score (nSPS) is 13.0. The maximum atomic E-state index is 12.4. The lowest BCUT2D eigenvalue weighted by atomic mass is 10.1. The Morgan fingerprint density at radius 3 is 2.57 bits per heavy atom. The second-order valence-electron chi connectivity index (χ2n) is 2.72. The van der Waals surface area contributed by atoms with Crippen LogP contribution in [0.1, 0.15) is 11.6 Å². The van der Waals surface area contributed by atoms with Gasteiger partial charge in [0.15, 0.2) is 0 Å². The van der Waals surface area contributed by atoms with Crippen molar-refractivity contribution >= 4 is 15.9 Å². The first kappa shape index (κ1) is 11.4. The molecule has 1 aromatic carbocycles. The largest absolute Gasteiger partial charge is 0.495 e. The molecule has 2 N–H and O–H groups in total. The molecule has 78 valence electrons. The summed E-state index contributed by atoms with van der Waals surface area (Å²) in [5.74, 6) is 0.361. The molecule has 0 amide bonds. The molecule has 1 rings (SSSR count). The Labute approximate surface area is 89.2 Å². The fourth-order valence-electron chi connectivity index (χ4n) is 1.14. The molecule has 0 spiro atoms. The molecule has 14 heavy (non-hydrogen) atoms. The number of alkyl halides is 2. The summed E-state index contributed by atoms with van der Waals surface area (Å²) in [4.78, 5) is 0. The Bertz CT molecular complexity index is 320. The summed E-state index contributed by atoms with van der Waals surface area (Å²) in [6.07, 6.45) is -2.60. The zero-order chi connectivity index (χ0) is 10.7. The zero-order valence-electron chi connectivity index (χ0n) is 7.51. The Morgan fingerprint density at radius 1 is 1.43 bits per heavy atom. The second kappa shape index (κ2) is 4.70. The number of nitrogens with two attached hydrogens (primary N) is 1. The van der Waals surface area contributed by atoms with Crippen LogP contribution in [0.4, 0.5) is 8.78 Å². The minimum atomic E-state index is -2.60. The van der Waals surface area contributed by atoms with E-state index in [1.54, 1.807) is 12.1 Å². The van der Waals surface area contributed by atoms with Crippen molar-refractivity contribution in [1.29, 1.82) is 0 Å². The molecule has 0 radical (unpaired) electrons. The lowest BCUT2D eigenvalue weighted by Gasteiger charge is -2.15. The second-order valence-corrected chi connectivity index (χ2v) is 3.58. The van der Waals surface area contributed by atoms with E-state index in [9.17, 15) is 8.78 Å². The molecule has 1 unspecified atom stereocenters. The molecule has 1 aromatic rings. The summed E-state index contributed by atoms with van der Waals surface area (Å²) in [5, 5.41) is 0. The number of hydrogen-bond donors (Lipinski definition) is 1. The van der Waals surface area contributed by atoms with Crippen molar-refractivity contribution in [2.75, 3.05) is 7.11 Å². The van der Waals surface area contributed by atoms with Gasteiger partial charge in [0.2, 0.25) is 0 Å². The van der Waals surface area contributed by atoms with Crippen LogP contribution in [0.3, 0.4) is 0 Å². The lowest BCUT2D eigenvalue weighted by Crippen LogP contribution is -2.19. The van der Waals surface area contributed by atoms with Crippen LogP contribution in [0, 0.1) is 0 Å². The zero-order valence-corrected chi connectivity index (χ0v) is 9.09. The standard InChI is InChI=1S/C9H10BrF2NO/c1-14-8-5(7(13)9(11)12)3-2-4-6(8)10/h2-4,7,9H,13H2,1H3. The molecule has 0 aliphatic rings. The molecule has 5 heteroatoms. The van der Waals surface area contributed by atoms with E-state index in [0.29, 0.717) is 15.8 Å². The third-order valence-corrected chi connectivity index (χ3v) is 2.46. The van der Waals surface area contributed by atoms with Crippen molar-refractivity contribution in [3.05, 3.63) is 28.2 Å². The van der Waals surface area contributed by atoms with E-state index < -0.39 is 12.5 Å². The number of ether oxygens (including phenoxy) is 1. The molecular weight excluding hydrogens is 256 g/mol. The number of rotatable bonds is 3. The van der Waals surface area contributed by atoms with E-state index in [0.717, 1.165) is 0 Å². The van der Waals surface area contributed by atoms with E-state index in [1.807, 2.05) is 0 Å². The number of para-hydroxylation sites is 1. The Morgan fingerprint density at radius 2 is 2.07 bits per heavy atom. The summed E-state index contributed by atoms with van der Waals surface area (Å²) < 4.78 is 30.3. The molecule has 0 bridgehead atoms. The molecule has 0 aliphatic carbocycles. The van der Waals surface area contributed by atoms with Crippen molar-refractivity contribution < 1.29 is 13.5 Å². The third kappa shape index (κ3) is 2.22. The van der Waals surface area contributed by atoms with Crippen molar-refractivity contribution in [3.63, 3.8) is 0 Å². The van der Waals surface area contributed by atoms with Crippen molar-refractivity contribution in [2.24, 2.45) is 5.73 Å². The van der Waals surface area contributed by atoms with E-state index in [4.69, 9.17) is 10.5 Å². The van der Waals surface area contributed by atoms with Gasteiger partial charge in [-0.3, -0.25) is 0 Å². The van der Waals surface area contributed by atoms with Crippen LogP contribution in [0.2, 0.25) is 0 Å². The maximum Gasteiger partial charge on any atom is 0.257 e. The number of hydrogen-bond acceptors (Lipinski definition) is 2. The topological polar surface area (TPSA) is 35.2 Å². The molecular formula is C9H10BrF2NO. The number of methoxy groups -OCH3 is 1. The summed E-state index contributed by atoms with van der Waals surface area (Å²) in [6, 6.07) is 3.56. The van der Waals surface area contributed by atoms with Gasteiger partial charge in [-0.05, 0) is 22.0 Å². The van der Waals surface area contributed by atoms with Crippen LogP contribution in [-0.4, -0.2) is 13.5 Å². The molecule has 0 saturated carbocycles. The van der Waals surface area contributed by atoms with Crippen LogP contribution in [0.5, 0.6) is 5.75 Å². The Hall–Kier alpha value is -0.680. The van der Waals surface area contributed by atoms with Gasteiger partial charge in [-0.25, -0.2) is 8.78 Å². The molecule has 0 aromatic heterocycles. The quantitative estimate of drug-likeness (QED) is 0.912. The highest BCUT2D eigenvalue weighted by molar-refractivity contribution is 9.10. The summed E-state index contributed by atoms with van der Waals surface area (Å²) in [7, 11) is 1.42. The SMILES string of the molecule is COc1c(Br)cccc1C(N)C(F)F. The first-order valence-corrected chi connectivity index (χ1v) is 4.73. The fraction of sp³-hybridized carbons (Fsp3) is 0.333. The summed E-state index contributed by atoms with van der Waals surface area (Å²) >= 11 is 3.20. The monoisotopic (exact) mass is 265 g/mol. The highest BCUT2D eigenvalue weighted by atomic mass is 79.9. The fourth-order valence-corrected chi connectivity index (χ4v) is 1.68. The van der Waals surface area contributed by atoms with Gasteiger partial charge in [-0.2, -0.15) is 0 Å². The van der Waals surface area contributed by atoms with Crippen molar-refractivity contribution in [2.45, 2.75) is 12.5 Å². The van der Waals surface area contributed by atoms with Crippen LogP contribution in [0.15, 0.2) is 22.7 Å². The van der Waals surface area contributed by atoms with Gasteiger partial charge < -0.3 is 10.5 Å². The summed E-state index contributed by atoms with van der Waals surface area (Å²) in [5.41, 5.74) is 5.63. The van der Waals surface area contributed by atoms with E-state index >= 15 is 0 Å². The average Bonchev–Trinajstić information content (AvgIpc) is 2.16. The van der Waals surface area contributed by atoms with Crippen molar-refractivity contribution in [3.8, 4) is 5.75 Å². The predicted molar refractivity (Wildman–Crippen MR) is 53.6 cm³/mol. The Kier molecular flexibility index (Phi) is 3.83. The van der Waals surface area contributed by atoms with Gasteiger partial charge in [-0.15, -0.1) is 0 Å². The minimum absolute atomic E-state index is 0.303. The highest BCUT2D eigenvalue weighted by Gasteiger charge is 2.22. The van der Waals surface area contributed by atoms with Crippen LogP contribution in [-0.2, 0) is 0 Å². The molecule has 0 fully saturated rings. The first-order chi connectivity index (χ1) is 6.57. The first-order valence-electron chi connectivity index (χ1n) is 3.94. The van der Waals surface area contributed by atoms with Gasteiger partial charge in [0.05, 0.1) is 17.6 Å². The smallest absolute Gasteiger partial charge is 0.257 e. The lowest BCUT2D eigenvalue weighted by molar-refractivity contribution is 0.115. The molecule has 2 nitrogen and oxygen atoms in total. The maximum absolute atomic E-state index is 12.4. The average molecular weight is 266 g/mol. The van der Waals surface area contributed by atoms with Crippen LogP contribution < -0.4 is 10.5 Å². The Balaban J connectivity index is 3.13. The molecule has 0 saturated heterocycles. The van der Waals surface area contributed by atoms with Gasteiger partial charge in [-0.1, -0.05) is 12.1 Å². The molecule has 0 aliphatic heterocycles. The van der Waals surface area contributed by atoms with Crippen LogP contribution >= 0.6 is 15.9 Å². The predicted octanol–water partition coefficient (Wildman–Crippen LogP) is 2.72. The summed E-state index contributed by atoms with van der Waals surface area (Å²) in [6.45, 7) is 0. The number of halogens is 3. The van der Waals surface area contributed by atoms with Crippen LogP contribution in [0.25, 0.3) is 0 Å².